The van der Waals surface area contributed by atoms with Gasteiger partial charge in [0.1, 0.15) is 11.5 Å². The first-order chi connectivity index (χ1) is 18.7. The molecule has 0 aliphatic carbocycles. The molecule has 0 unspecified atom stereocenters. The van der Waals surface area contributed by atoms with E-state index in [9.17, 15) is 23.3 Å². The summed E-state index contributed by atoms with van der Waals surface area (Å²) < 4.78 is 48.4. The smallest absolute Gasteiger partial charge is 0.416 e. The second-order valence-corrected chi connectivity index (χ2v) is 10.1. The Morgan fingerprint density at radius 1 is 1.02 bits per heavy atom. The number of rotatable bonds is 9. The van der Waals surface area contributed by atoms with Crippen molar-refractivity contribution in [2.24, 2.45) is 0 Å². The fourth-order valence-corrected chi connectivity index (χ4v) is 3.52. The van der Waals surface area contributed by atoms with Crippen LogP contribution in [0.15, 0.2) is 41.6 Å². The SMILES string of the molecule is CCNc1nc(NC(C)(C)C)nc(SC)n1.CCOc1cc(Oc2ccc(C(F)(F)F)cc2Cl)ccc1[N+](=O)[O-]. The van der Waals surface area contributed by atoms with E-state index in [0.717, 1.165) is 29.9 Å². The molecule has 10 nitrogen and oxygen atoms in total. The molecule has 1 heterocycles. The molecule has 1 aromatic heterocycles. The Labute approximate surface area is 239 Å². The molecule has 2 N–H and O–H groups in total. The van der Waals surface area contributed by atoms with Gasteiger partial charge < -0.3 is 20.1 Å². The molecule has 0 atom stereocenters. The Kier molecular flexibility index (Phi) is 11.6. The van der Waals surface area contributed by atoms with Gasteiger partial charge in [-0.2, -0.15) is 28.1 Å². The topological polar surface area (TPSA) is 124 Å². The summed E-state index contributed by atoms with van der Waals surface area (Å²) in [5, 5.41) is 17.7. The van der Waals surface area contributed by atoms with Gasteiger partial charge in [-0.3, -0.25) is 10.1 Å². The Hall–Kier alpha value is -3.52. The van der Waals surface area contributed by atoms with Crippen molar-refractivity contribution < 1.29 is 27.6 Å². The lowest BCUT2D eigenvalue weighted by atomic mass is 10.1. The van der Waals surface area contributed by atoms with Crippen molar-refractivity contribution in [2.75, 3.05) is 30.0 Å². The minimum atomic E-state index is -4.52. The number of nitro benzene ring substituents is 1. The van der Waals surface area contributed by atoms with E-state index in [1.807, 2.05) is 13.2 Å². The molecular weight excluding hydrogens is 573 g/mol. The van der Waals surface area contributed by atoms with Crippen molar-refractivity contribution in [3.63, 3.8) is 0 Å². The van der Waals surface area contributed by atoms with Crippen LogP contribution in [0.2, 0.25) is 5.02 Å². The highest BCUT2D eigenvalue weighted by atomic mass is 35.5. The average molecular weight is 603 g/mol. The number of nitrogens with zero attached hydrogens (tertiary/aromatic N) is 4. The largest absolute Gasteiger partial charge is 0.487 e. The first-order valence-corrected chi connectivity index (χ1v) is 13.5. The van der Waals surface area contributed by atoms with Gasteiger partial charge in [0.2, 0.25) is 17.6 Å². The summed E-state index contributed by atoms with van der Waals surface area (Å²) in [4.78, 5) is 23.2. The maximum atomic E-state index is 12.6. The fourth-order valence-electron chi connectivity index (χ4n) is 2.94. The molecule has 0 aliphatic heterocycles. The number of halogens is 4. The van der Waals surface area contributed by atoms with Gasteiger partial charge in [-0.05, 0) is 65.1 Å². The third-order valence-corrected chi connectivity index (χ3v) is 5.38. The van der Waals surface area contributed by atoms with Crippen LogP contribution in [0.3, 0.4) is 0 Å². The van der Waals surface area contributed by atoms with E-state index in [-0.39, 0.29) is 40.1 Å². The van der Waals surface area contributed by atoms with Crippen molar-refractivity contribution in [2.45, 2.75) is 51.5 Å². The van der Waals surface area contributed by atoms with Crippen molar-refractivity contribution in [3.05, 3.63) is 57.1 Å². The number of hydrogen-bond donors (Lipinski definition) is 2. The summed E-state index contributed by atoms with van der Waals surface area (Å²) >= 11 is 7.31. The molecule has 40 heavy (non-hydrogen) atoms. The van der Waals surface area contributed by atoms with Crippen molar-refractivity contribution in [3.8, 4) is 17.2 Å². The molecule has 0 saturated carbocycles. The number of benzene rings is 2. The van der Waals surface area contributed by atoms with Gasteiger partial charge in [-0.25, -0.2) is 0 Å². The van der Waals surface area contributed by atoms with E-state index >= 15 is 0 Å². The molecule has 0 radical (unpaired) electrons. The number of thioether (sulfide) groups is 1. The Bertz CT molecular complexity index is 1310. The molecule has 0 aliphatic rings. The molecule has 2 aromatic carbocycles. The Balaban J connectivity index is 0.000000305. The first kappa shape index (κ1) is 32.7. The molecule has 3 aromatic rings. The number of hydrogen-bond acceptors (Lipinski definition) is 10. The van der Waals surface area contributed by atoms with E-state index in [1.165, 1.54) is 30.0 Å². The molecule has 15 heteroatoms. The van der Waals surface area contributed by atoms with Crippen molar-refractivity contribution in [1.29, 1.82) is 0 Å². The highest BCUT2D eigenvalue weighted by Gasteiger charge is 2.31. The van der Waals surface area contributed by atoms with Crippen LogP contribution in [0.5, 0.6) is 17.2 Å². The molecule has 0 amide bonds. The highest BCUT2D eigenvalue weighted by molar-refractivity contribution is 7.98. The number of nitro groups is 1. The van der Waals surface area contributed by atoms with Crippen LogP contribution in [0, 0.1) is 10.1 Å². The van der Waals surface area contributed by atoms with Gasteiger partial charge in [-0.15, -0.1) is 0 Å². The first-order valence-electron chi connectivity index (χ1n) is 11.9. The number of alkyl halides is 3. The minimum absolute atomic E-state index is 0.0111. The summed E-state index contributed by atoms with van der Waals surface area (Å²) in [5.74, 6) is 1.35. The Morgan fingerprint density at radius 2 is 1.70 bits per heavy atom. The lowest BCUT2D eigenvalue weighted by molar-refractivity contribution is -0.385. The second kappa shape index (κ2) is 14.2. The Morgan fingerprint density at radius 3 is 2.23 bits per heavy atom. The van der Waals surface area contributed by atoms with Crippen LogP contribution in [0.1, 0.15) is 40.2 Å². The van der Waals surface area contributed by atoms with Gasteiger partial charge in [0.15, 0.2) is 5.16 Å². The van der Waals surface area contributed by atoms with Gasteiger partial charge in [-0.1, -0.05) is 23.4 Å². The number of anilines is 2. The summed E-state index contributed by atoms with van der Waals surface area (Å²) in [5.41, 5.74) is -1.21. The predicted molar refractivity (Wildman–Crippen MR) is 150 cm³/mol. The normalized spacial score (nSPS) is 11.2. The van der Waals surface area contributed by atoms with Crippen LogP contribution in [0.25, 0.3) is 0 Å². The number of nitrogens with one attached hydrogen (secondary N) is 2. The third kappa shape index (κ3) is 10.2. The zero-order chi connectivity index (χ0) is 30.1. The standard InChI is InChI=1S/C15H11ClF3NO4.C10H19N5S/c1-2-23-14-8-10(4-5-12(14)20(21)22)24-13-6-3-9(7-11(13)16)15(17,18)19;1-6-11-7-12-8(15-10(2,3)4)14-9(13-7)16-5/h3-8H,2H2,1H3;6H2,1-5H3,(H2,11,12,13,14,15). The third-order valence-electron chi connectivity index (χ3n) is 4.53. The maximum absolute atomic E-state index is 12.6. The van der Waals surface area contributed by atoms with Crippen LogP contribution < -0.4 is 20.1 Å². The van der Waals surface area contributed by atoms with Gasteiger partial charge in [0.25, 0.3) is 0 Å². The van der Waals surface area contributed by atoms with Crippen molar-refractivity contribution >= 4 is 40.9 Å². The summed E-state index contributed by atoms with van der Waals surface area (Å²) in [6.07, 6.45) is -2.57. The zero-order valence-electron chi connectivity index (χ0n) is 22.7. The van der Waals surface area contributed by atoms with E-state index in [4.69, 9.17) is 21.1 Å². The monoisotopic (exact) mass is 602 g/mol. The van der Waals surface area contributed by atoms with E-state index in [2.05, 4.69) is 46.4 Å². The highest BCUT2D eigenvalue weighted by Crippen LogP contribution is 2.38. The van der Waals surface area contributed by atoms with E-state index < -0.39 is 16.7 Å². The summed E-state index contributed by atoms with van der Waals surface area (Å²) in [6, 6.07) is 6.40. The lowest BCUT2D eigenvalue weighted by Crippen LogP contribution is -2.27. The number of aromatic nitrogens is 3. The molecule has 3 rings (SSSR count). The van der Waals surface area contributed by atoms with Crippen LogP contribution in [0.4, 0.5) is 30.8 Å². The minimum Gasteiger partial charge on any atom is -0.487 e. The number of ether oxygens (including phenoxy) is 2. The lowest BCUT2D eigenvalue weighted by Gasteiger charge is -2.20. The van der Waals surface area contributed by atoms with E-state index in [0.29, 0.717) is 11.9 Å². The van der Waals surface area contributed by atoms with Gasteiger partial charge in [0.05, 0.1) is 22.1 Å². The molecule has 218 valence electrons. The fraction of sp³-hybridized carbons (Fsp3) is 0.400. The van der Waals surface area contributed by atoms with Crippen LogP contribution in [-0.4, -0.2) is 44.8 Å². The van der Waals surface area contributed by atoms with Gasteiger partial charge in [0, 0.05) is 24.2 Å². The molecule has 0 fully saturated rings. The van der Waals surface area contributed by atoms with Gasteiger partial charge >= 0.3 is 11.9 Å². The average Bonchev–Trinajstić information content (AvgIpc) is 2.84. The maximum Gasteiger partial charge on any atom is 0.416 e. The predicted octanol–water partition coefficient (Wildman–Crippen LogP) is 7.69. The molecular formula is C25H30ClF3N6O4S. The van der Waals surface area contributed by atoms with Crippen molar-refractivity contribution in [1.82, 2.24) is 15.0 Å². The quantitative estimate of drug-likeness (QED) is 0.143. The second-order valence-electron chi connectivity index (χ2n) is 8.94. The molecule has 0 spiro atoms. The van der Waals surface area contributed by atoms with E-state index in [1.54, 1.807) is 6.92 Å². The van der Waals surface area contributed by atoms with Crippen LogP contribution >= 0.6 is 23.4 Å². The van der Waals surface area contributed by atoms with Crippen LogP contribution in [-0.2, 0) is 6.18 Å². The summed E-state index contributed by atoms with van der Waals surface area (Å²) in [7, 11) is 0. The summed E-state index contributed by atoms with van der Waals surface area (Å²) in [6.45, 7) is 10.9. The zero-order valence-corrected chi connectivity index (χ0v) is 24.3. The molecule has 0 bridgehead atoms. The molecule has 0 saturated heterocycles.